The average molecular weight is 294 g/mol. The third-order valence-electron chi connectivity index (χ3n) is 4.73. The van der Waals surface area contributed by atoms with Crippen molar-refractivity contribution in [3.05, 3.63) is 0 Å². The fraction of sp³-hybridized carbons (Fsp3) is 0.875. The number of hydrogen-bond donors (Lipinski definition) is 2. The Morgan fingerprint density at radius 3 is 2.62 bits per heavy atom. The van der Waals surface area contributed by atoms with Crippen molar-refractivity contribution < 1.29 is 4.79 Å². The highest BCUT2D eigenvalue weighted by molar-refractivity contribution is 5.80. The summed E-state index contributed by atoms with van der Waals surface area (Å²) < 4.78 is 0. The predicted molar refractivity (Wildman–Crippen MR) is 86.4 cm³/mol. The van der Waals surface area contributed by atoms with Crippen LogP contribution in [0.4, 0.5) is 0 Å². The summed E-state index contributed by atoms with van der Waals surface area (Å²) in [6.07, 6.45) is 8.27. The van der Waals surface area contributed by atoms with Gasteiger partial charge in [-0.05, 0) is 31.6 Å². The van der Waals surface area contributed by atoms with E-state index in [1.165, 1.54) is 38.5 Å². The Kier molecular flexibility index (Phi) is 5.88. The van der Waals surface area contributed by atoms with Gasteiger partial charge in [0.25, 0.3) is 0 Å². The lowest BCUT2D eigenvalue weighted by Crippen LogP contribution is -2.42. The first-order valence-corrected chi connectivity index (χ1v) is 8.43. The molecule has 0 radical (unpaired) electrons. The van der Waals surface area contributed by atoms with Crippen molar-refractivity contribution in [3.8, 4) is 0 Å². The Morgan fingerprint density at radius 2 is 1.95 bits per heavy atom. The van der Waals surface area contributed by atoms with Crippen LogP contribution in [0.15, 0.2) is 4.99 Å². The number of amides is 1. The fourth-order valence-corrected chi connectivity index (χ4v) is 3.65. The van der Waals surface area contributed by atoms with Gasteiger partial charge in [-0.15, -0.1) is 0 Å². The lowest BCUT2D eigenvalue weighted by Gasteiger charge is -2.33. The standard InChI is InChI=1S/C16H30N4O/c1-3-17-15(19-11-10-18-14(2)21)20-12-9-16(13-20)7-5-4-6-8-16/h3-13H2,1-2H3,(H,17,19)(H,18,21). The number of carbonyl (C=O) groups excluding carboxylic acids is 1. The van der Waals surface area contributed by atoms with Crippen molar-refractivity contribution >= 4 is 11.9 Å². The van der Waals surface area contributed by atoms with E-state index >= 15 is 0 Å². The van der Waals surface area contributed by atoms with Crippen LogP contribution < -0.4 is 10.6 Å². The highest BCUT2D eigenvalue weighted by Gasteiger charge is 2.39. The van der Waals surface area contributed by atoms with Gasteiger partial charge in [0.1, 0.15) is 0 Å². The van der Waals surface area contributed by atoms with Gasteiger partial charge in [-0.1, -0.05) is 19.3 Å². The summed E-state index contributed by atoms with van der Waals surface area (Å²) >= 11 is 0. The maximum Gasteiger partial charge on any atom is 0.216 e. The van der Waals surface area contributed by atoms with Gasteiger partial charge in [-0.3, -0.25) is 9.79 Å². The van der Waals surface area contributed by atoms with E-state index in [-0.39, 0.29) is 5.91 Å². The molecular formula is C16H30N4O. The van der Waals surface area contributed by atoms with Crippen LogP contribution in [0.25, 0.3) is 0 Å². The molecular weight excluding hydrogens is 264 g/mol. The number of guanidine groups is 1. The normalized spacial score (nSPS) is 21.6. The van der Waals surface area contributed by atoms with Gasteiger partial charge in [0, 0.05) is 33.1 Å². The van der Waals surface area contributed by atoms with E-state index in [9.17, 15) is 4.79 Å². The highest BCUT2D eigenvalue weighted by Crippen LogP contribution is 2.43. The molecule has 120 valence electrons. The van der Waals surface area contributed by atoms with Gasteiger partial charge in [0.2, 0.25) is 5.91 Å². The van der Waals surface area contributed by atoms with Crippen LogP contribution in [0.1, 0.15) is 52.4 Å². The maximum absolute atomic E-state index is 10.9. The largest absolute Gasteiger partial charge is 0.357 e. The van der Waals surface area contributed by atoms with Crippen molar-refractivity contribution in [1.29, 1.82) is 0 Å². The Morgan fingerprint density at radius 1 is 1.19 bits per heavy atom. The van der Waals surface area contributed by atoms with Gasteiger partial charge >= 0.3 is 0 Å². The Labute approximate surface area is 128 Å². The first-order chi connectivity index (χ1) is 10.2. The molecule has 0 aromatic heterocycles. The van der Waals surface area contributed by atoms with Crippen LogP contribution in [0.3, 0.4) is 0 Å². The highest BCUT2D eigenvalue weighted by atomic mass is 16.1. The van der Waals surface area contributed by atoms with E-state index in [2.05, 4.69) is 27.4 Å². The number of nitrogens with zero attached hydrogens (tertiary/aromatic N) is 2. The third-order valence-corrected chi connectivity index (χ3v) is 4.73. The minimum absolute atomic E-state index is 0.0116. The molecule has 21 heavy (non-hydrogen) atoms. The second kappa shape index (κ2) is 7.66. The minimum atomic E-state index is 0.0116. The molecule has 1 aliphatic heterocycles. The lowest BCUT2D eigenvalue weighted by atomic mass is 9.73. The predicted octanol–water partition coefficient (Wildman–Crippen LogP) is 1.74. The molecule has 2 fully saturated rings. The van der Waals surface area contributed by atoms with Crippen LogP contribution in [0.2, 0.25) is 0 Å². The molecule has 5 heteroatoms. The van der Waals surface area contributed by atoms with Crippen LogP contribution in [0.5, 0.6) is 0 Å². The molecule has 1 amide bonds. The summed E-state index contributed by atoms with van der Waals surface area (Å²) in [6.45, 7) is 8.07. The third kappa shape index (κ3) is 4.61. The second-order valence-corrected chi connectivity index (χ2v) is 6.45. The first kappa shape index (κ1) is 16.1. The fourth-order valence-electron chi connectivity index (χ4n) is 3.65. The van der Waals surface area contributed by atoms with E-state index in [1.807, 2.05) is 0 Å². The molecule has 1 saturated heterocycles. The van der Waals surface area contributed by atoms with Gasteiger partial charge in [-0.2, -0.15) is 0 Å². The zero-order valence-corrected chi connectivity index (χ0v) is 13.6. The number of hydrogen-bond acceptors (Lipinski definition) is 2. The van der Waals surface area contributed by atoms with E-state index in [4.69, 9.17) is 0 Å². The number of carbonyl (C=O) groups is 1. The molecule has 1 saturated carbocycles. The summed E-state index contributed by atoms with van der Waals surface area (Å²) in [7, 11) is 0. The smallest absolute Gasteiger partial charge is 0.216 e. The van der Waals surface area contributed by atoms with Crippen molar-refractivity contribution in [2.24, 2.45) is 10.4 Å². The quantitative estimate of drug-likeness (QED) is 0.472. The molecule has 1 spiro atoms. The molecule has 0 aromatic rings. The van der Waals surface area contributed by atoms with Gasteiger partial charge in [0.05, 0.1) is 6.54 Å². The molecule has 0 unspecified atom stereocenters. The molecule has 2 aliphatic rings. The molecule has 0 bridgehead atoms. The van der Waals surface area contributed by atoms with Crippen molar-refractivity contribution in [1.82, 2.24) is 15.5 Å². The molecule has 5 nitrogen and oxygen atoms in total. The van der Waals surface area contributed by atoms with E-state index in [0.29, 0.717) is 18.5 Å². The lowest BCUT2D eigenvalue weighted by molar-refractivity contribution is -0.118. The molecule has 0 aromatic carbocycles. The summed E-state index contributed by atoms with van der Waals surface area (Å²) in [6, 6.07) is 0. The summed E-state index contributed by atoms with van der Waals surface area (Å²) in [5.41, 5.74) is 0.548. The topological polar surface area (TPSA) is 56.7 Å². The van der Waals surface area contributed by atoms with E-state index in [1.54, 1.807) is 6.92 Å². The van der Waals surface area contributed by atoms with Crippen LogP contribution >= 0.6 is 0 Å². The summed E-state index contributed by atoms with van der Waals surface area (Å²) in [5, 5.41) is 6.20. The Balaban J connectivity index is 1.89. The zero-order valence-electron chi connectivity index (χ0n) is 13.6. The van der Waals surface area contributed by atoms with Crippen LogP contribution in [-0.2, 0) is 4.79 Å². The Hall–Kier alpha value is -1.26. The number of rotatable bonds is 4. The van der Waals surface area contributed by atoms with Crippen molar-refractivity contribution in [3.63, 3.8) is 0 Å². The summed E-state index contributed by atoms with van der Waals surface area (Å²) in [4.78, 5) is 18.0. The van der Waals surface area contributed by atoms with Gasteiger partial charge in [-0.25, -0.2) is 0 Å². The zero-order chi connectivity index (χ0) is 15.1. The summed E-state index contributed by atoms with van der Waals surface area (Å²) in [5.74, 6) is 1.03. The SMILES string of the molecule is CCNC(=NCCNC(C)=O)N1CCC2(CCCCC2)C1. The maximum atomic E-state index is 10.9. The average Bonchev–Trinajstić information content (AvgIpc) is 2.86. The number of aliphatic imine (C=N–C) groups is 1. The monoisotopic (exact) mass is 294 g/mol. The van der Waals surface area contributed by atoms with Gasteiger partial charge < -0.3 is 15.5 Å². The molecule has 0 atom stereocenters. The number of nitrogens with one attached hydrogen (secondary N) is 2. The molecule has 2 N–H and O–H groups in total. The number of likely N-dealkylation sites (tertiary alicyclic amines) is 1. The van der Waals surface area contributed by atoms with Crippen molar-refractivity contribution in [2.75, 3.05) is 32.7 Å². The van der Waals surface area contributed by atoms with Crippen molar-refractivity contribution in [2.45, 2.75) is 52.4 Å². The molecule has 1 aliphatic carbocycles. The Bertz CT molecular complexity index is 374. The first-order valence-electron chi connectivity index (χ1n) is 8.43. The van der Waals surface area contributed by atoms with E-state index < -0.39 is 0 Å². The van der Waals surface area contributed by atoms with Crippen LogP contribution in [-0.4, -0.2) is 49.5 Å². The van der Waals surface area contributed by atoms with E-state index in [0.717, 1.165) is 25.6 Å². The minimum Gasteiger partial charge on any atom is -0.357 e. The molecule has 2 rings (SSSR count). The van der Waals surface area contributed by atoms with Gasteiger partial charge in [0.15, 0.2) is 5.96 Å². The van der Waals surface area contributed by atoms with Crippen LogP contribution in [0, 0.1) is 5.41 Å². The molecule has 1 heterocycles. The second-order valence-electron chi connectivity index (χ2n) is 6.45.